The standard InChI is InChI=1S/C24H24ClN5OS/c25-19-6-2-1-5-18(19)15-30-22(9-12-26-30)28-23(31)16-29-13-10-17(11-14-29)24-27-20-7-3-4-8-21(20)32-24/h1-9,12,17H,10-11,13-16H2,(H,28,31). The van der Waals surface area contributed by atoms with Crippen LogP contribution in [-0.4, -0.2) is 45.2 Å². The number of benzene rings is 2. The molecule has 8 heteroatoms. The van der Waals surface area contributed by atoms with E-state index in [1.54, 1.807) is 22.2 Å². The van der Waals surface area contributed by atoms with E-state index < -0.39 is 0 Å². The van der Waals surface area contributed by atoms with Crippen molar-refractivity contribution in [2.24, 2.45) is 0 Å². The summed E-state index contributed by atoms with van der Waals surface area (Å²) in [6.45, 7) is 2.68. The molecule has 1 aliphatic rings. The van der Waals surface area contributed by atoms with Gasteiger partial charge in [0, 0.05) is 17.0 Å². The van der Waals surface area contributed by atoms with Gasteiger partial charge in [0.05, 0.1) is 34.5 Å². The van der Waals surface area contributed by atoms with Gasteiger partial charge in [-0.25, -0.2) is 9.67 Å². The molecule has 0 atom stereocenters. The lowest BCUT2D eigenvalue weighted by atomic mass is 9.97. The summed E-state index contributed by atoms with van der Waals surface area (Å²) in [6, 6.07) is 17.8. The molecule has 1 amide bonds. The Morgan fingerprint density at radius 3 is 2.69 bits per heavy atom. The van der Waals surface area contributed by atoms with Crippen molar-refractivity contribution in [3.63, 3.8) is 0 Å². The van der Waals surface area contributed by atoms with Gasteiger partial charge in [-0.05, 0) is 49.7 Å². The number of aromatic nitrogens is 3. The Hall–Kier alpha value is -2.74. The third-order valence-electron chi connectivity index (χ3n) is 5.88. The van der Waals surface area contributed by atoms with Crippen LogP contribution in [0.3, 0.4) is 0 Å². The maximum absolute atomic E-state index is 12.7. The molecule has 6 nitrogen and oxygen atoms in total. The maximum atomic E-state index is 12.7. The largest absolute Gasteiger partial charge is 0.310 e. The molecule has 164 valence electrons. The third-order valence-corrected chi connectivity index (χ3v) is 7.44. The first-order chi connectivity index (χ1) is 15.7. The third kappa shape index (κ3) is 4.70. The van der Waals surface area contributed by atoms with Gasteiger partial charge >= 0.3 is 0 Å². The lowest BCUT2D eigenvalue weighted by molar-refractivity contribution is -0.117. The molecule has 32 heavy (non-hydrogen) atoms. The van der Waals surface area contributed by atoms with E-state index in [0.717, 1.165) is 37.0 Å². The highest BCUT2D eigenvalue weighted by atomic mass is 35.5. The number of hydrogen-bond acceptors (Lipinski definition) is 5. The molecule has 0 spiro atoms. The summed E-state index contributed by atoms with van der Waals surface area (Å²) in [5.41, 5.74) is 2.05. The van der Waals surface area contributed by atoms with Crippen molar-refractivity contribution in [1.29, 1.82) is 0 Å². The number of piperidine rings is 1. The Bertz CT molecular complexity index is 1190. The van der Waals surface area contributed by atoms with Crippen LogP contribution >= 0.6 is 22.9 Å². The summed E-state index contributed by atoms with van der Waals surface area (Å²) in [5.74, 6) is 1.13. The number of nitrogens with one attached hydrogen (secondary N) is 1. The zero-order valence-electron chi connectivity index (χ0n) is 17.6. The zero-order chi connectivity index (χ0) is 21.9. The molecule has 1 fully saturated rings. The second-order valence-electron chi connectivity index (χ2n) is 8.08. The molecule has 3 heterocycles. The van der Waals surface area contributed by atoms with E-state index in [4.69, 9.17) is 16.6 Å². The van der Waals surface area contributed by atoms with Gasteiger partial charge in [-0.3, -0.25) is 9.69 Å². The number of hydrogen-bond donors (Lipinski definition) is 1. The number of fused-ring (bicyclic) bond motifs is 1. The van der Waals surface area contributed by atoms with Gasteiger partial charge in [-0.15, -0.1) is 11.3 Å². The minimum atomic E-state index is -0.0238. The van der Waals surface area contributed by atoms with Crippen LogP contribution in [0, 0.1) is 0 Å². The number of para-hydroxylation sites is 1. The molecule has 2 aromatic carbocycles. The summed E-state index contributed by atoms with van der Waals surface area (Å²) < 4.78 is 3.01. The van der Waals surface area contributed by atoms with E-state index in [1.807, 2.05) is 36.4 Å². The molecule has 0 radical (unpaired) electrons. The number of carbonyl (C=O) groups excluding carboxylic acids is 1. The van der Waals surface area contributed by atoms with E-state index in [0.29, 0.717) is 29.8 Å². The maximum Gasteiger partial charge on any atom is 0.239 e. The highest BCUT2D eigenvalue weighted by Gasteiger charge is 2.24. The topological polar surface area (TPSA) is 63.1 Å². The summed E-state index contributed by atoms with van der Waals surface area (Å²) in [4.78, 5) is 19.7. The lowest BCUT2D eigenvalue weighted by Gasteiger charge is -2.30. The van der Waals surface area contributed by atoms with Crippen molar-refractivity contribution in [1.82, 2.24) is 19.7 Å². The van der Waals surface area contributed by atoms with Crippen LogP contribution in [-0.2, 0) is 11.3 Å². The first kappa shape index (κ1) is 21.1. The van der Waals surface area contributed by atoms with E-state index in [1.165, 1.54) is 9.71 Å². The number of nitrogens with zero attached hydrogens (tertiary/aromatic N) is 4. The second-order valence-corrected chi connectivity index (χ2v) is 9.55. The van der Waals surface area contributed by atoms with Crippen LogP contribution in [0.25, 0.3) is 10.2 Å². The average Bonchev–Trinajstić information content (AvgIpc) is 3.42. The van der Waals surface area contributed by atoms with E-state index in [2.05, 4.69) is 33.5 Å². The summed E-state index contributed by atoms with van der Waals surface area (Å²) >= 11 is 8.07. The van der Waals surface area contributed by atoms with Crippen molar-refractivity contribution < 1.29 is 4.79 Å². The number of halogens is 1. The summed E-state index contributed by atoms with van der Waals surface area (Å²) in [5, 5.41) is 9.25. The van der Waals surface area contributed by atoms with Gasteiger partial charge < -0.3 is 5.32 Å². The zero-order valence-corrected chi connectivity index (χ0v) is 19.1. The van der Waals surface area contributed by atoms with E-state index in [-0.39, 0.29) is 5.91 Å². The fraction of sp³-hybridized carbons (Fsp3) is 0.292. The Morgan fingerprint density at radius 2 is 1.88 bits per heavy atom. The molecule has 0 aliphatic carbocycles. The Kier molecular flexibility index (Phi) is 6.21. The van der Waals surface area contributed by atoms with Crippen LogP contribution in [0.15, 0.2) is 60.8 Å². The second kappa shape index (κ2) is 9.40. The number of thiazole rings is 1. The Labute approximate surface area is 195 Å². The fourth-order valence-electron chi connectivity index (χ4n) is 4.14. The molecule has 2 aromatic heterocycles. The van der Waals surface area contributed by atoms with Crippen molar-refractivity contribution in [3.05, 3.63) is 76.4 Å². The minimum Gasteiger partial charge on any atom is -0.310 e. The highest BCUT2D eigenvalue weighted by Crippen LogP contribution is 2.33. The van der Waals surface area contributed by atoms with Crippen LogP contribution in [0.5, 0.6) is 0 Å². The van der Waals surface area contributed by atoms with Gasteiger partial charge in [0.2, 0.25) is 5.91 Å². The molecule has 4 aromatic rings. The Morgan fingerprint density at radius 1 is 1.09 bits per heavy atom. The molecule has 1 saturated heterocycles. The molecule has 1 aliphatic heterocycles. The van der Waals surface area contributed by atoms with Gasteiger partial charge in [-0.1, -0.05) is 41.9 Å². The minimum absolute atomic E-state index is 0.0238. The molecule has 0 saturated carbocycles. The van der Waals surface area contributed by atoms with E-state index in [9.17, 15) is 4.79 Å². The molecular formula is C24H24ClN5OS. The van der Waals surface area contributed by atoms with Crippen LogP contribution in [0.1, 0.15) is 29.3 Å². The summed E-state index contributed by atoms with van der Waals surface area (Å²) in [6.07, 6.45) is 3.74. The summed E-state index contributed by atoms with van der Waals surface area (Å²) in [7, 11) is 0. The molecule has 1 N–H and O–H groups in total. The predicted octanol–water partition coefficient (Wildman–Crippen LogP) is 5.01. The molecular weight excluding hydrogens is 442 g/mol. The van der Waals surface area contributed by atoms with Gasteiger partial charge in [0.1, 0.15) is 5.82 Å². The van der Waals surface area contributed by atoms with Crippen LogP contribution in [0.2, 0.25) is 5.02 Å². The first-order valence-corrected chi connectivity index (χ1v) is 12.0. The molecule has 5 rings (SSSR count). The predicted molar refractivity (Wildman–Crippen MR) is 129 cm³/mol. The van der Waals surface area contributed by atoms with Crippen molar-refractivity contribution >= 4 is 44.9 Å². The lowest BCUT2D eigenvalue weighted by Crippen LogP contribution is -2.39. The van der Waals surface area contributed by atoms with Crippen LogP contribution in [0.4, 0.5) is 5.82 Å². The van der Waals surface area contributed by atoms with E-state index >= 15 is 0 Å². The van der Waals surface area contributed by atoms with Crippen molar-refractivity contribution in [3.8, 4) is 0 Å². The monoisotopic (exact) mass is 465 g/mol. The molecule has 0 unspecified atom stereocenters. The first-order valence-electron chi connectivity index (χ1n) is 10.8. The SMILES string of the molecule is O=C(CN1CCC(c2nc3ccccc3s2)CC1)Nc1ccnn1Cc1ccccc1Cl. The number of rotatable bonds is 6. The quantitative estimate of drug-likeness (QED) is 0.434. The number of anilines is 1. The van der Waals surface area contributed by atoms with Crippen molar-refractivity contribution in [2.75, 3.05) is 25.0 Å². The number of carbonyl (C=O) groups is 1. The number of amides is 1. The van der Waals surface area contributed by atoms with Crippen LogP contribution < -0.4 is 5.32 Å². The number of likely N-dealkylation sites (tertiary alicyclic amines) is 1. The average molecular weight is 466 g/mol. The van der Waals surface area contributed by atoms with Gasteiger partial charge in [0.15, 0.2) is 0 Å². The fourth-order valence-corrected chi connectivity index (χ4v) is 5.47. The molecule has 0 bridgehead atoms. The Balaban J connectivity index is 1.15. The smallest absolute Gasteiger partial charge is 0.239 e. The van der Waals surface area contributed by atoms with Gasteiger partial charge in [0.25, 0.3) is 0 Å². The van der Waals surface area contributed by atoms with Gasteiger partial charge in [-0.2, -0.15) is 5.10 Å². The normalized spacial score (nSPS) is 15.3. The highest BCUT2D eigenvalue weighted by molar-refractivity contribution is 7.18. The van der Waals surface area contributed by atoms with Crippen molar-refractivity contribution in [2.45, 2.75) is 25.3 Å².